The number of benzene rings is 2. The van der Waals surface area contributed by atoms with Crippen molar-refractivity contribution in [3.8, 4) is 21.9 Å². The number of rotatable bonds is 5. The van der Waals surface area contributed by atoms with Crippen LogP contribution in [0.2, 0.25) is 0 Å². The van der Waals surface area contributed by atoms with Gasteiger partial charge in [0.15, 0.2) is 11.5 Å². The molecule has 2 aromatic carbocycles. The molecule has 31 heavy (non-hydrogen) atoms. The van der Waals surface area contributed by atoms with Gasteiger partial charge in [-0.25, -0.2) is 4.98 Å². The van der Waals surface area contributed by atoms with E-state index in [0.717, 1.165) is 16.0 Å². The van der Waals surface area contributed by atoms with E-state index in [1.165, 1.54) is 22.2 Å². The largest absolute Gasteiger partial charge is 0.454 e. The lowest BCUT2D eigenvalue weighted by Crippen LogP contribution is -2.23. The molecule has 5 rings (SSSR count). The van der Waals surface area contributed by atoms with E-state index >= 15 is 0 Å². The molecule has 7 nitrogen and oxygen atoms in total. The van der Waals surface area contributed by atoms with Gasteiger partial charge in [-0.15, -0.1) is 11.3 Å². The molecule has 0 bridgehead atoms. The molecule has 2 aromatic heterocycles. The molecule has 0 fully saturated rings. The summed E-state index contributed by atoms with van der Waals surface area (Å²) in [7, 11) is 0. The maximum absolute atomic E-state index is 13.1. The van der Waals surface area contributed by atoms with Gasteiger partial charge in [-0.3, -0.25) is 14.2 Å². The topological polar surface area (TPSA) is 82.5 Å². The standard InChI is InChI=1S/C23H19N3O4S/c1-14-20-22(31-21(14)15-5-3-2-4-6-15)24-12-26(23(20)28)10-9-19(27)25-16-7-8-17-18(11-16)30-13-29-17/h2-8,11-12H,9-10,13H2,1H3,(H,25,27). The number of fused-ring (bicyclic) bond motifs is 2. The summed E-state index contributed by atoms with van der Waals surface area (Å²) in [6.45, 7) is 2.37. The van der Waals surface area contributed by atoms with E-state index in [4.69, 9.17) is 9.47 Å². The molecule has 1 aliphatic rings. The zero-order valence-electron chi connectivity index (χ0n) is 16.8. The second-order valence-corrected chi connectivity index (χ2v) is 8.21. The molecule has 0 spiro atoms. The smallest absolute Gasteiger partial charge is 0.262 e. The summed E-state index contributed by atoms with van der Waals surface area (Å²) in [5, 5.41) is 3.44. The Morgan fingerprint density at radius 2 is 1.97 bits per heavy atom. The van der Waals surface area contributed by atoms with E-state index in [1.54, 1.807) is 18.2 Å². The minimum Gasteiger partial charge on any atom is -0.454 e. The number of amides is 1. The molecule has 0 unspecified atom stereocenters. The highest BCUT2D eigenvalue weighted by Gasteiger charge is 2.17. The van der Waals surface area contributed by atoms with Crippen LogP contribution in [0.1, 0.15) is 12.0 Å². The second kappa shape index (κ2) is 7.88. The lowest BCUT2D eigenvalue weighted by atomic mass is 10.1. The number of hydrogen-bond donors (Lipinski definition) is 1. The first kappa shape index (κ1) is 19.3. The summed E-state index contributed by atoms with van der Waals surface area (Å²) < 4.78 is 12.1. The van der Waals surface area contributed by atoms with Crippen molar-refractivity contribution in [3.05, 3.63) is 70.8 Å². The van der Waals surface area contributed by atoms with Gasteiger partial charge in [-0.1, -0.05) is 30.3 Å². The fourth-order valence-electron chi connectivity index (χ4n) is 3.60. The van der Waals surface area contributed by atoms with E-state index in [-0.39, 0.29) is 31.2 Å². The van der Waals surface area contributed by atoms with Crippen molar-refractivity contribution >= 4 is 33.1 Å². The Labute approximate surface area is 181 Å². The monoisotopic (exact) mass is 433 g/mol. The molecule has 1 amide bonds. The molecule has 0 radical (unpaired) electrons. The molecular formula is C23H19N3O4S. The highest BCUT2D eigenvalue weighted by atomic mass is 32.1. The number of hydrogen-bond acceptors (Lipinski definition) is 6. The zero-order valence-corrected chi connectivity index (χ0v) is 17.6. The normalized spacial score (nSPS) is 12.3. The summed E-state index contributed by atoms with van der Waals surface area (Å²) in [5.74, 6) is 1.06. The molecule has 0 saturated carbocycles. The molecule has 0 aliphatic carbocycles. The molecule has 1 N–H and O–H groups in total. The summed E-state index contributed by atoms with van der Waals surface area (Å²) in [4.78, 5) is 31.7. The summed E-state index contributed by atoms with van der Waals surface area (Å²) in [5.41, 5.74) is 2.48. The number of aromatic nitrogens is 2. The Morgan fingerprint density at radius 1 is 1.16 bits per heavy atom. The van der Waals surface area contributed by atoms with Crippen molar-refractivity contribution in [1.29, 1.82) is 0 Å². The molecule has 0 saturated heterocycles. The zero-order chi connectivity index (χ0) is 21.4. The Morgan fingerprint density at radius 3 is 2.81 bits per heavy atom. The Hall–Kier alpha value is -3.65. The van der Waals surface area contributed by atoms with Gasteiger partial charge in [0.1, 0.15) is 4.83 Å². The second-order valence-electron chi connectivity index (χ2n) is 7.21. The maximum atomic E-state index is 13.1. The molecule has 156 valence electrons. The first-order valence-corrected chi connectivity index (χ1v) is 10.7. The molecule has 3 heterocycles. The van der Waals surface area contributed by atoms with Gasteiger partial charge in [0.05, 0.1) is 11.7 Å². The maximum Gasteiger partial charge on any atom is 0.262 e. The van der Waals surface area contributed by atoms with Gasteiger partial charge in [-0.05, 0) is 30.2 Å². The van der Waals surface area contributed by atoms with Gasteiger partial charge in [0.2, 0.25) is 12.7 Å². The van der Waals surface area contributed by atoms with Crippen LogP contribution in [0, 0.1) is 6.92 Å². The van der Waals surface area contributed by atoms with Gasteiger partial charge >= 0.3 is 0 Å². The summed E-state index contributed by atoms with van der Waals surface area (Å²) >= 11 is 1.51. The van der Waals surface area contributed by atoms with Crippen LogP contribution in [-0.2, 0) is 11.3 Å². The number of carbonyl (C=O) groups is 1. The van der Waals surface area contributed by atoms with Gasteiger partial charge in [-0.2, -0.15) is 0 Å². The van der Waals surface area contributed by atoms with E-state index in [9.17, 15) is 9.59 Å². The first-order chi connectivity index (χ1) is 15.1. The van der Waals surface area contributed by atoms with Crippen LogP contribution >= 0.6 is 11.3 Å². The number of aryl methyl sites for hydroxylation is 2. The SMILES string of the molecule is Cc1c(-c2ccccc2)sc2ncn(CCC(=O)Nc3ccc4c(c3)OCO4)c(=O)c12. The molecule has 4 aromatic rings. The van der Waals surface area contributed by atoms with Crippen molar-refractivity contribution < 1.29 is 14.3 Å². The van der Waals surface area contributed by atoms with Gasteiger partial charge < -0.3 is 14.8 Å². The predicted octanol–water partition coefficient (Wildman–Crippen LogP) is 4.19. The number of thiophene rings is 1. The third-order valence-electron chi connectivity index (χ3n) is 5.19. The molecular weight excluding hydrogens is 414 g/mol. The molecule has 1 aliphatic heterocycles. The third kappa shape index (κ3) is 3.66. The number of nitrogens with zero attached hydrogens (tertiary/aromatic N) is 2. The molecule has 8 heteroatoms. The minimum atomic E-state index is -0.196. The Kier molecular flexibility index (Phi) is 4.91. The summed E-state index contributed by atoms with van der Waals surface area (Å²) in [6, 6.07) is 15.2. The van der Waals surface area contributed by atoms with Gasteiger partial charge in [0, 0.05) is 29.6 Å². The van der Waals surface area contributed by atoms with E-state index in [0.29, 0.717) is 27.4 Å². The fourth-order valence-corrected chi connectivity index (χ4v) is 4.75. The Bertz CT molecular complexity index is 1340. The molecule has 0 atom stereocenters. The highest BCUT2D eigenvalue weighted by Crippen LogP contribution is 2.36. The highest BCUT2D eigenvalue weighted by molar-refractivity contribution is 7.22. The van der Waals surface area contributed by atoms with Crippen molar-refractivity contribution in [2.75, 3.05) is 12.1 Å². The van der Waals surface area contributed by atoms with Crippen LogP contribution in [0.15, 0.2) is 59.7 Å². The van der Waals surface area contributed by atoms with E-state index in [1.807, 2.05) is 37.3 Å². The fraction of sp³-hybridized carbons (Fsp3) is 0.174. The number of carbonyl (C=O) groups excluding carboxylic acids is 1. The van der Waals surface area contributed by atoms with Crippen molar-refractivity contribution in [1.82, 2.24) is 9.55 Å². The Balaban J connectivity index is 1.33. The van der Waals surface area contributed by atoms with Crippen LogP contribution in [-0.4, -0.2) is 22.3 Å². The lowest BCUT2D eigenvalue weighted by molar-refractivity contribution is -0.116. The van der Waals surface area contributed by atoms with Crippen molar-refractivity contribution in [2.24, 2.45) is 0 Å². The lowest BCUT2D eigenvalue weighted by Gasteiger charge is -2.08. The van der Waals surface area contributed by atoms with Crippen molar-refractivity contribution in [3.63, 3.8) is 0 Å². The average Bonchev–Trinajstić information content (AvgIpc) is 3.38. The first-order valence-electron chi connectivity index (χ1n) is 9.83. The number of anilines is 1. The van der Waals surface area contributed by atoms with Gasteiger partial charge in [0.25, 0.3) is 5.56 Å². The predicted molar refractivity (Wildman–Crippen MR) is 120 cm³/mol. The minimum absolute atomic E-state index is 0.128. The van der Waals surface area contributed by atoms with E-state index < -0.39 is 0 Å². The van der Waals surface area contributed by atoms with Crippen LogP contribution in [0.5, 0.6) is 11.5 Å². The van der Waals surface area contributed by atoms with Crippen molar-refractivity contribution in [2.45, 2.75) is 19.9 Å². The summed E-state index contributed by atoms with van der Waals surface area (Å²) in [6.07, 6.45) is 1.67. The van der Waals surface area contributed by atoms with Crippen LogP contribution < -0.4 is 20.3 Å². The van der Waals surface area contributed by atoms with Crippen LogP contribution in [0.4, 0.5) is 5.69 Å². The number of nitrogens with one attached hydrogen (secondary N) is 1. The third-order valence-corrected chi connectivity index (χ3v) is 6.44. The number of ether oxygens (including phenoxy) is 2. The van der Waals surface area contributed by atoms with Crippen LogP contribution in [0.25, 0.3) is 20.7 Å². The van der Waals surface area contributed by atoms with E-state index in [2.05, 4.69) is 10.3 Å². The quantitative estimate of drug-likeness (QED) is 0.510. The average molecular weight is 433 g/mol. The van der Waals surface area contributed by atoms with Crippen LogP contribution in [0.3, 0.4) is 0 Å².